The van der Waals surface area contributed by atoms with Gasteiger partial charge in [0, 0.05) is 37.9 Å². The van der Waals surface area contributed by atoms with E-state index >= 15 is 0 Å². The van der Waals surface area contributed by atoms with Gasteiger partial charge in [-0.3, -0.25) is 9.48 Å². The molecule has 3 unspecified atom stereocenters. The number of hydrogen-bond donors (Lipinski definition) is 2. The summed E-state index contributed by atoms with van der Waals surface area (Å²) in [4.78, 5) is 12.2. The molecule has 1 aliphatic carbocycles. The third-order valence-corrected chi connectivity index (χ3v) is 4.78. The molecule has 2 fully saturated rings. The second-order valence-electron chi connectivity index (χ2n) is 6.09. The van der Waals surface area contributed by atoms with Crippen molar-refractivity contribution in [2.24, 2.45) is 13.0 Å². The number of amides is 1. The molecule has 2 heterocycles. The molecule has 3 atom stereocenters. The molecule has 1 aromatic heterocycles. The summed E-state index contributed by atoms with van der Waals surface area (Å²) in [5, 5.41) is 10.7. The number of hydrogen-bond acceptors (Lipinski definition) is 3. The molecule has 2 N–H and O–H groups in total. The Morgan fingerprint density at radius 3 is 3.10 bits per heavy atom. The van der Waals surface area contributed by atoms with Gasteiger partial charge < -0.3 is 10.6 Å². The van der Waals surface area contributed by atoms with Crippen LogP contribution in [0.4, 0.5) is 0 Å². The smallest absolute Gasteiger partial charge is 0.237 e. The largest absolute Gasteiger partial charge is 0.354 e. The van der Waals surface area contributed by atoms with Crippen LogP contribution in [0.15, 0.2) is 12.3 Å². The van der Waals surface area contributed by atoms with Crippen molar-refractivity contribution in [3.05, 3.63) is 18.0 Å². The van der Waals surface area contributed by atoms with Gasteiger partial charge in [0.1, 0.15) is 0 Å². The molecule has 1 saturated carbocycles. The van der Waals surface area contributed by atoms with Gasteiger partial charge in [-0.2, -0.15) is 5.10 Å². The molecule has 2 aliphatic rings. The predicted molar refractivity (Wildman–Crippen MR) is 77.2 cm³/mol. The van der Waals surface area contributed by atoms with Crippen molar-refractivity contribution < 1.29 is 4.79 Å². The Morgan fingerprint density at radius 1 is 1.50 bits per heavy atom. The molecule has 3 rings (SSSR count). The lowest BCUT2D eigenvalue weighted by Gasteiger charge is -2.24. The van der Waals surface area contributed by atoms with E-state index in [1.54, 1.807) is 6.20 Å². The first-order chi connectivity index (χ1) is 9.74. The average Bonchev–Trinajstić information content (AvgIpc) is 3.05. The van der Waals surface area contributed by atoms with Crippen molar-refractivity contribution in [1.82, 2.24) is 20.4 Å². The van der Waals surface area contributed by atoms with Gasteiger partial charge in [0.05, 0.1) is 6.04 Å². The zero-order valence-electron chi connectivity index (χ0n) is 12.1. The third-order valence-electron chi connectivity index (χ3n) is 4.78. The number of carbonyl (C=O) groups excluding carboxylic acids is 1. The van der Waals surface area contributed by atoms with E-state index in [0.29, 0.717) is 12.6 Å². The fourth-order valence-corrected chi connectivity index (χ4v) is 3.60. The standard InChI is InChI=1S/C15H24N4O/c1-19-12(7-9-17-19)6-8-16-15(20)14-10-11-4-2-3-5-13(11)18-14/h7,9,11,13-14,18H,2-6,8,10H2,1H3,(H,16,20). The lowest BCUT2D eigenvalue weighted by Crippen LogP contribution is -2.43. The number of rotatable bonds is 4. The van der Waals surface area contributed by atoms with Crippen LogP contribution in [0, 0.1) is 5.92 Å². The van der Waals surface area contributed by atoms with E-state index in [0.717, 1.165) is 24.5 Å². The minimum absolute atomic E-state index is 0.0228. The summed E-state index contributed by atoms with van der Waals surface area (Å²) in [6.07, 6.45) is 8.81. The normalized spacial score (nSPS) is 29.1. The van der Waals surface area contributed by atoms with Crippen molar-refractivity contribution in [3.8, 4) is 0 Å². The molecular formula is C15H24N4O. The summed E-state index contributed by atoms with van der Waals surface area (Å²) < 4.78 is 1.86. The number of fused-ring (bicyclic) bond motifs is 1. The maximum absolute atomic E-state index is 12.2. The zero-order valence-corrected chi connectivity index (χ0v) is 12.1. The number of nitrogens with zero attached hydrogens (tertiary/aromatic N) is 2. The highest BCUT2D eigenvalue weighted by Gasteiger charge is 2.37. The minimum Gasteiger partial charge on any atom is -0.354 e. The maximum atomic E-state index is 12.2. The Morgan fingerprint density at radius 2 is 2.35 bits per heavy atom. The zero-order chi connectivity index (χ0) is 13.9. The Labute approximate surface area is 120 Å². The highest BCUT2D eigenvalue weighted by atomic mass is 16.2. The van der Waals surface area contributed by atoms with Gasteiger partial charge in [-0.1, -0.05) is 12.8 Å². The van der Waals surface area contributed by atoms with Crippen LogP contribution < -0.4 is 10.6 Å². The van der Waals surface area contributed by atoms with Crippen molar-refractivity contribution in [3.63, 3.8) is 0 Å². The van der Waals surface area contributed by atoms with Crippen LogP contribution in [0.1, 0.15) is 37.8 Å². The van der Waals surface area contributed by atoms with Crippen molar-refractivity contribution in [2.75, 3.05) is 6.54 Å². The Hall–Kier alpha value is -1.36. The molecule has 1 saturated heterocycles. The molecule has 0 radical (unpaired) electrons. The summed E-state index contributed by atoms with van der Waals surface area (Å²) in [6, 6.07) is 2.60. The molecule has 0 bridgehead atoms. The van der Waals surface area contributed by atoms with E-state index in [1.807, 2.05) is 17.8 Å². The van der Waals surface area contributed by atoms with E-state index in [9.17, 15) is 4.79 Å². The van der Waals surface area contributed by atoms with Crippen molar-refractivity contribution in [1.29, 1.82) is 0 Å². The van der Waals surface area contributed by atoms with Crippen LogP contribution >= 0.6 is 0 Å². The third kappa shape index (κ3) is 2.87. The van der Waals surface area contributed by atoms with E-state index in [2.05, 4.69) is 15.7 Å². The van der Waals surface area contributed by atoms with Crippen LogP contribution in [0.5, 0.6) is 0 Å². The van der Waals surface area contributed by atoms with Crippen LogP contribution in [0.25, 0.3) is 0 Å². The predicted octanol–water partition coefficient (Wildman–Crippen LogP) is 0.999. The van der Waals surface area contributed by atoms with Crippen molar-refractivity contribution >= 4 is 5.91 Å². The highest BCUT2D eigenvalue weighted by Crippen LogP contribution is 2.33. The highest BCUT2D eigenvalue weighted by molar-refractivity contribution is 5.82. The SMILES string of the molecule is Cn1nccc1CCNC(=O)C1CC2CCCCC2N1. The lowest BCUT2D eigenvalue weighted by molar-refractivity contribution is -0.122. The lowest BCUT2D eigenvalue weighted by atomic mass is 9.85. The van der Waals surface area contributed by atoms with Gasteiger partial charge in [0.15, 0.2) is 0 Å². The molecule has 5 nitrogen and oxygen atoms in total. The first-order valence-corrected chi connectivity index (χ1v) is 7.74. The van der Waals surface area contributed by atoms with Gasteiger partial charge >= 0.3 is 0 Å². The van der Waals surface area contributed by atoms with Gasteiger partial charge in [-0.15, -0.1) is 0 Å². The van der Waals surface area contributed by atoms with Gasteiger partial charge in [0.2, 0.25) is 5.91 Å². The summed E-state index contributed by atoms with van der Waals surface area (Å²) in [5.74, 6) is 0.887. The summed E-state index contributed by atoms with van der Waals surface area (Å²) in [6.45, 7) is 0.686. The number of aryl methyl sites for hydroxylation is 1. The Balaban J connectivity index is 1.44. The Kier molecular flexibility index (Phi) is 4.05. The second-order valence-corrected chi connectivity index (χ2v) is 6.09. The van der Waals surface area contributed by atoms with Crippen LogP contribution in [-0.4, -0.2) is 34.3 Å². The fourth-order valence-electron chi connectivity index (χ4n) is 3.60. The van der Waals surface area contributed by atoms with Crippen LogP contribution in [-0.2, 0) is 18.3 Å². The summed E-state index contributed by atoms with van der Waals surface area (Å²) >= 11 is 0. The fraction of sp³-hybridized carbons (Fsp3) is 0.733. The second kappa shape index (κ2) is 5.95. The number of carbonyl (C=O) groups is 1. The summed E-state index contributed by atoms with van der Waals surface area (Å²) in [7, 11) is 1.93. The first kappa shape index (κ1) is 13.6. The molecule has 20 heavy (non-hydrogen) atoms. The molecular weight excluding hydrogens is 252 g/mol. The Bertz CT molecular complexity index is 456. The topological polar surface area (TPSA) is 59.0 Å². The van der Waals surface area contributed by atoms with Crippen LogP contribution in [0.3, 0.4) is 0 Å². The minimum atomic E-state index is 0.0228. The van der Waals surface area contributed by atoms with Gasteiger partial charge in [0.25, 0.3) is 0 Å². The molecule has 1 aliphatic heterocycles. The monoisotopic (exact) mass is 276 g/mol. The van der Waals surface area contributed by atoms with Crippen LogP contribution in [0.2, 0.25) is 0 Å². The molecule has 110 valence electrons. The molecule has 0 aromatic carbocycles. The molecule has 5 heteroatoms. The quantitative estimate of drug-likeness (QED) is 0.862. The number of aromatic nitrogens is 2. The molecule has 1 aromatic rings. The maximum Gasteiger partial charge on any atom is 0.237 e. The van der Waals surface area contributed by atoms with Gasteiger partial charge in [-0.05, 0) is 31.2 Å². The first-order valence-electron chi connectivity index (χ1n) is 7.74. The number of nitrogens with one attached hydrogen (secondary N) is 2. The molecule has 0 spiro atoms. The van der Waals surface area contributed by atoms with E-state index in [-0.39, 0.29) is 11.9 Å². The van der Waals surface area contributed by atoms with E-state index in [4.69, 9.17) is 0 Å². The average molecular weight is 276 g/mol. The van der Waals surface area contributed by atoms with E-state index in [1.165, 1.54) is 25.7 Å². The van der Waals surface area contributed by atoms with E-state index < -0.39 is 0 Å². The molecule has 1 amide bonds. The van der Waals surface area contributed by atoms with Gasteiger partial charge in [-0.25, -0.2) is 0 Å². The summed E-state index contributed by atoms with van der Waals surface area (Å²) in [5.41, 5.74) is 1.15. The van der Waals surface area contributed by atoms with Crippen molar-refractivity contribution in [2.45, 2.75) is 50.6 Å².